The molecule has 0 heterocycles. The Kier molecular flexibility index (Phi) is 5.07. The van der Waals surface area contributed by atoms with Crippen molar-refractivity contribution in [3.8, 4) is 5.75 Å². The standard InChI is InChI=1S/C15H18ClNO4/c1-21-13-5-3-11(16)6-10(13)8-14(18)17-12-4-2-9(7-12)15(19)20/h3,5-6,9,12H,2,4,7-8H2,1H3,(H,17,18)(H,19,20)/t9-,12+/m0/s1. The molecule has 0 bridgehead atoms. The number of hydrogen-bond acceptors (Lipinski definition) is 3. The number of rotatable bonds is 5. The van der Waals surface area contributed by atoms with E-state index in [9.17, 15) is 9.59 Å². The maximum absolute atomic E-state index is 12.1. The molecule has 1 amide bonds. The lowest BCUT2D eigenvalue weighted by atomic mass is 10.1. The van der Waals surface area contributed by atoms with Crippen LogP contribution >= 0.6 is 11.6 Å². The predicted octanol–water partition coefficient (Wildman–Crippen LogP) is 2.26. The van der Waals surface area contributed by atoms with E-state index in [1.807, 2.05) is 0 Å². The van der Waals surface area contributed by atoms with Crippen LogP contribution in [-0.2, 0) is 16.0 Å². The molecule has 0 radical (unpaired) electrons. The number of ether oxygens (including phenoxy) is 1. The fraction of sp³-hybridized carbons (Fsp3) is 0.467. The lowest BCUT2D eigenvalue weighted by molar-refractivity contribution is -0.141. The first-order valence-corrected chi connectivity index (χ1v) is 7.22. The monoisotopic (exact) mass is 311 g/mol. The second kappa shape index (κ2) is 6.80. The summed E-state index contributed by atoms with van der Waals surface area (Å²) < 4.78 is 5.20. The van der Waals surface area contributed by atoms with Crippen molar-refractivity contribution in [2.24, 2.45) is 5.92 Å². The summed E-state index contributed by atoms with van der Waals surface area (Å²) in [7, 11) is 1.54. The van der Waals surface area contributed by atoms with E-state index in [1.54, 1.807) is 25.3 Å². The van der Waals surface area contributed by atoms with Crippen LogP contribution in [0, 0.1) is 5.92 Å². The first-order valence-electron chi connectivity index (χ1n) is 6.84. The predicted molar refractivity (Wildman–Crippen MR) is 78.6 cm³/mol. The summed E-state index contributed by atoms with van der Waals surface area (Å²) >= 11 is 5.93. The summed E-state index contributed by atoms with van der Waals surface area (Å²) in [5.74, 6) is -0.671. The van der Waals surface area contributed by atoms with Gasteiger partial charge in [0.25, 0.3) is 0 Å². The topological polar surface area (TPSA) is 75.6 Å². The highest BCUT2D eigenvalue weighted by atomic mass is 35.5. The molecule has 0 unspecified atom stereocenters. The van der Waals surface area contributed by atoms with Crippen LogP contribution < -0.4 is 10.1 Å². The number of aliphatic carboxylic acids is 1. The number of carbonyl (C=O) groups is 2. The van der Waals surface area contributed by atoms with Gasteiger partial charge in [0.2, 0.25) is 5.91 Å². The minimum Gasteiger partial charge on any atom is -0.496 e. The van der Waals surface area contributed by atoms with E-state index in [-0.39, 0.29) is 24.3 Å². The van der Waals surface area contributed by atoms with Crippen LogP contribution in [0.1, 0.15) is 24.8 Å². The van der Waals surface area contributed by atoms with Crippen molar-refractivity contribution in [1.29, 1.82) is 0 Å². The maximum Gasteiger partial charge on any atom is 0.306 e. The fourth-order valence-corrected chi connectivity index (χ4v) is 2.87. The Morgan fingerprint density at radius 3 is 2.81 bits per heavy atom. The van der Waals surface area contributed by atoms with Gasteiger partial charge in [0.15, 0.2) is 0 Å². The van der Waals surface area contributed by atoms with E-state index in [1.165, 1.54) is 0 Å². The number of nitrogens with one attached hydrogen (secondary N) is 1. The number of benzene rings is 1. The van der Waals surface area contributed by atoms with Crippen molar-refractivity contribution in [3.05, 3.63) is 28.8 Å². The lowest BCUT2D eigenvalue weighted by Crippen LogP contribution is -2.34. The third-order valence-corrected chi connectivity index (χ3v) is 3.98. The summed E-state index contributed by atoms with van der Waals surface area (Å²) in [5, 5.41) is 12.4. The number of hydrogen-bond donors (Lipinski definition) is 2. The van der Waals surface area contributed by atoms with Gasteiger partial charge >= 0.3 is 5.97 Å². The minimum atomic E-state index is -0.789. The van der Waals surface area contributed by atoms with E-state index in [2.05, 4.69) is 5.32 Å². The highest BCUT2D eigenvalue weighted by Crippen LogP contribution is 2.26. The summed E-state index contributed by atoms with van der Waals surface area (Å²) in [6, 6.07) is 5.06. The molecule has 114 valence electrons. The van der Waals surface area contributed by atoms with Crippen molar-refractivity contribution in [2.75, 3.05) is 7.11 Å². The SMILES string of the molecule is COc1ccc(Cl)cc1CC(=O)N[C@@H]1CC[C@H](C(=O)O)C1. The van der Waals surface area contributed by atoms with E-state index < -0.39 is 5.97 Å². The number of carboxylic acids is 1. The molecule has 1 aliphatic carbocycles. The van der Waals surface area contributed by atoms with Crippen LogP contribution in [0.4, 0.5) is 0 Å². The van der Waals surface area contributed by atoms with Crippen LogP contribution in [-0.4, -0.2) is 30.1 Å². The largest absolute Gasteiger partial charge is 0.496 e. The molecule has 0 saturated heterocycles. The van der Waals surface area contributed by atoms with E-state index in [4.69, 9.17) is 21.4 Å². The van der Waals surface area contributed by atoms with Crippen molar-refractivity contribution in [3.63, 3.8) is 0 Å². The van der Waals surface area contributed by atoms with Gasteiger partial charge in [-0.1, -0.05) is 11.6 Å². The zero-order valence-electron chi connectivity index (χ0n) is 11.8. The summed E-state index contributed by atoms with van der Waals surface area (Å²) in [6.07, 6.45) is 1.97. The van der Waals surface area contributed by atoms with Gasteiger partial charge in [-0.2, -0.15) is 0 Å². The second-order valence-corrected chi connectivity index (χ2v) is 5.68. The third kappa shape index (κ3) is 4.11. The van der Waals surface area contributed by atoms with Gasteiger partial charge in [0.05, 0.1) is 19.4 Å². The molecule has 1 saturated carbocycles. The van der Waals surface area contributed by atoms with Crippen LogP contribution in [0.15, 0.2) is 18.2 Å². The van der Waals surface area contributed by atoms with Crippen molar-refractivity contribution >= 4 is 23.5 Å². The molecule has 2 rings (SSSR count). The third-order valence-electron chi connectivity index (χ3n) is 3.74. The summed E-state index contributed by atoms with van der Waals surface area (Å²) in [5.41, 5.74) is 0.718. The Hall–Kier alpha value is -1.75. The Morgan fingerprint density at radius 2 is 2.19 bits per heavy atom. The summed E-state index contributed by atoms with van der Waals surface area (Å²) in [4.78, 5) is 23.0. The molecule has 2 atom stereocenters. The molecule has 1 fully saturated rings. The van der Waals surface area contributed by atoms with Gasteiger partial charge in [0.1, 0.15) is 5.75 Å². The number of carbonyl (C=O) groups excluding carboxylic acids is 1. The number of amides is 1. The molecule has 5 nitrogen and oxygen atoms in total. The molecule has 2 N–H and O–H groups in total. The number of methoxy groups -OCH3 is 1. The van der Waals surface area contributed by atoms with E-state index >= 15 is 0 Å². The van der Waals surface area contributed by atoms with Gasteiger partial charge in [-0.05, 0) is 37.5 Å². The fourth-order valence-electron chi connectivity index (χ4n) is 2.67. The normalized spacial score (nSPS) is 21.0. The van der Waals surface area contributed by atoms with Gasteiger partial charge in [-0.3, -0.25) is 9.59 Å². The highest BCUT2D eigenvalue weighted by Gasteiger charge is 2.30. The quantitative estimate of drug-likeness (QED) is 0.874. The Balaban J connectivity index is 1.93. The highest BCUT2D eigenvalue weighted by molar-refractivity contribution is 6.30. The van der Waals surface area contributed by atoms with Crippen LogP contribution in [0.25, 0.3) is 0 Å². The Labute approximate surface area is 128 Å². The maximum atomic E-state index is 12.1. The van der Waals surface area contributed by atoms with Gasteiger partial charge in [0, 0.05) is 16.6 Å². The number of halogens is 1. The molecule has 0 aromatic heterocycles. The molecule has 1 aliphatic rings. The molecule has 0 aliphatic heterocycles. The van der Waals surface area contributed by atoms with Gasteiger partial charge in [-0.15, -0.1) is 0 Å². The molecule has 1 aromatic rings. The van der Waals surface area contributed by atoms with Gasteiger partial charge < -0.3 is 15.2 Å². The molecule has 6 heteroatoms. The average molecular weight is 312 g/mol. The summed E-state index contributed by atoms with van der Waals surface area (Å²) in [6.45, 7) is 0. The molecule has 0 spiro atoms. The zero-order chi connectivity index (χ0) is 15.4. The zero-order valence-corrected chi connectivity index (χ0v) is 12.5. The lowest BCUT2D eigenvalue weighted by Gasteiger charge is -2.14. The van der Waals surface area contributed by atoms with E-state index in [0.29, 0.717) is 30.0 Å². The first kappa shape index (κ1) is 15.6. The Morgan fingerprint density at radius 1 is 1.43 bits per heavy atom. The average Bonchev–Trinajstić information content (AvgIpc) is 2.87. The van der Waals surface area contributed by atoms with Crippen molar-refractivity contribution in [2.45, 2.75) is 31.7 Å². The molecule has 1 aromatic carbocycles. The van der Waals surface area contributed by atoms with Crippen LogP contribution in [0.5, 0.6) is 5.75 Å². The smallest absolute Gasteiger partial charge is 0.306 e. The molecular formula is C15H18ClNO4. The van der Waals surface area contributed by atoms with Crippen molar-refractivity contribution in [1.82, 2.24) is 5.32 Å². The van der Waals surface area contributed by atoms with Crippen LogP contribution in [0.3, 0.4) is 0 Å². The number of carboxylic acid groups (broad SMARTS) is 1. The molecule has 21 heavy (non-hydrogen) atoms. The van der Waals surface area contributed by atoms with Gasteiger partial charge in [-0.25, -0.2) is 0 Å². The van der Waals surface area contributed by atoms with Crippen molar-refractivity contribution < 1.29 is 19.4 Å². The van der Waals surface area contributed by atoms with Crippen LogP contribution in [0.2, 0.25) is 5.02 Å². The Bertz CT molecular complexity index is 546. The molecular weight excluding hydrogens is 294 g/mol. The second-order valence-electron chi connectivity index (χ2n) is 5.25. The first-order chi connectivity index (χ1) is 9.99. The van der Waals surface area contributed by atoms with E-state index in [0.717, 1.165) is 5.56 Å². The minimum absolute atomic E-state index is 0.0659.